The number of nitrogens with zero attached hydrogens (tertiary/aromatic N) is 14. The lowest BCUT2D eigenvalue weighted by atomic mass is 9.91. The minimum atomic E-state index is -4.25. The van der Waals surface area contributed by atoms with Crippen molar-refractivity contribution >= 4 is 192 Å². The van der Waals surface area contributed by atoms with Gasteiger partial charge in [-0.05, 0) is 154 Å². The summed E-state index contributed by atoms with van der Waals surface area (Å²) in [5.74, 6) is -2.67. The van der Waals surface area contributed by atoms with E-state index in [1.165, 1.54) is 110 Å². The SMILES string of the molecule is COC(=O)C1CCN1.COC(=O)[C@@H]1CCN1S(=O)(=O)c1cnc2n1[C@](C)(Cc1ccc(C#N)cc1)C(=O)N2c1cc(Cl)cc(Cl)c1.C[C@@]1(Cc2ccc(C#N)cc2)C(=O)N(c2cc(Cl)cc(Cl)c2)c2ncc(S(=O)(=O)Cl)n21.C[C@@]1(Cc2ccc(C#N)cc2)C(=O)N(c2cc(Cl)cc(Cl)c2)c2ncc(S(=O)(=O)N3CC[C@H]3C(N)=O)n21.Cl.N. The monoisotopic (exact) mass is 1790 g/mol. The number of esters is 2. The van der Waals surface area contributed by atoms with E-state index >= 15 is 0 Å². The standard InChI is InChI=1S/C25H21Cl2N5O5S.C24H20Cl2N6O4S.C20H13Cl3N4O3S.C5H9NO2.ClH.H3N/c1-25(12-15-3-5-16(13-28)6-4-15)23(34)31(19-10-17(26)9-18(27)11-19)24-29-14-21(32(24)25)38(35,36)30-8-7-20(30)22(33)37-2;1-24(11-14-2-4-15(12-27)5-3-14)22(34)31(18-9-16(25)8-17(26)10-18)23-29-13-20(32(23)24)37(35,36)30-7-6-19(30)21(28)33;1-20(9-12-2-4-13(10-24)5-3-12)18(28)26(16-7-14(21)6-15(22)8-16)19-25-11-17(27(19)20)31(23,29)30;1-8-5(7)4-2-3-6-4;;/h3-6,9-11,14,20H,7-8,12H2,1-2H3;2-5,8-10,13,19H,6-7,11H2,1H3,(H2,28,33);2-8,11H,9H2,1H3;4,6H,2-3H2,1H3;1H;1H3/t20-,25+;19-,24+;20-;;;/m001.../s1. The van der Waals surface area contributed by atoms with E-state index in [0.717, 1.165) is 33.3 Å². The molecule has 4 amide bonds. The largest absolute Gasteiger partial charge is 0.468 e. The van der Waals surface area contributed by atoms with Crippen LogP contribution in [-0.4, -0.2) is 150 Å². The van der Waals surface area contributed by atoms with Gasteiger partial charge in [0.25, 0.3) is 46.8 Å². The number of sulfonamides is 2. The molecule has 6 N–H and O–H groups in total. The number of amides is 4. The van der Waals surface area contributed by atoms with E-state index in [2.05, 4.69) is 31.1 Å². The fourth-order valence-corrected chi connectivity index (χ4v) is 20.1. The highest BCUT2D eigenvalue weighted by molar-refractivity contribution is 8.13. The van der Waals surface area contributed by atoms with Gasteiger partial charge in [-0.2, -0.15) is 24.4 Å². The molecule has 0 radical (unpaired) electrons. The van der Waals surface area contributed by atoms with E-state index in [0.29, 0.717) is 67.8 Å². The molecule has 3 aromatic heterocycles. The van der Waals surface area contributed by atoms with Crippen molar-refractivity contribution in [3.05, 3.63) is 210 Å². The summed E-state index contributed by atoms with van der Waals surface area (Å²) >= 11 is 37.1. The lowest BCUT2D eigenvalue weighted by Crippen LogP contribution is -2.57. The van der Waals surface area contributed by atoms with Crippen LogP contribution in [0.4, 0.5) is 34.9 Å². The number of benzene rings is 6. The number of nitriles is 3. The zero-order valence-corrected chi connectivity index (χ0v) is 70.0. The van der Waals surface area contributed by atoms with Crippen molar-refractivity contribution < 1.29 is 63.5 Å². The van der Waals surface area contributed by atoms with Crippen molar-refractivity contribution in [2.24, 2.45) is 5.73 Å². The molecular formula is C74H67Cl8N17O14S3. The van der Waals surface area contributed by atoms with Crippen molar-refractivity contribution in [2.45, 2.75) is 109 Å². The summed E-state index contributed by atoms with van der Waals surface area (Å²) in [5.41, 5.74) is 5.62. The molecule has 0 bridgehead atoms. The quantitative estimate of drug-likeness (QED) is 0.0563. The Morgan fingerprint density at radius 1 is 0.491 bits per heavy atom. The summed E-state index contributed by atoms with van der Waals surface area (Å²) in [7, 11) is -4.44. The molecule has 9 aromatic rings. The minimum absolute atomic E-state index is 0. The van der Waals surface area contributed by atoms with Gasteiger partial charge in [-0.3, -0.25) is 42.5 Å². The zero-order valence-electron chi connectivity index (χ0n) is 61.5. The maximum atomic E-state index is 14.1. The Kier molecular flexibility index (Phi) is 26.3. The third-order valence-corrected chi connectivity index (χ3v) is 26.2. The first-order chi connectivity index (χ1) is 53.9. The number of carbonyl (C=O) groups is 6. The van der Waals surface area contributed by atoms with E-state index in [-0.39, 0.29) is 116 Å². The first-order valence-electron chi connectivity index (χ1n) is 34.2. The highest BCUT2D eigenvalue weighted by Crippen LogP contribution is 2.50. The predicted octanol–water partition coefficient (Wildman–Crippen LogP) is 11.3. The maximum absolute atomic E-state index is 14.1. The van der Waals surface area contributed by atoms with E-state index in [1.54, 1.807) is 93.6 Å². The second-order valence-corrected chi connectivity index (χ2v) is 36.1. The Morgan fingerprint density at radius 3 is 1.01 bits per heavy atom. The van der Waals surface area contributed by atoms with Gasteiger partial charge in [0.1, 0.15) is 34.7 Å². The Balaban J connectivity index is 0.000000174. The number of ether oxygens (including phenoxy) is 2. The summed E-state index contributed by atoms with van der Waals surface area (Å²) in [6.07, 6.45) is 5.33. The van der Waals surface area contributed by atoms with Gasteiger partial charge in [0.2, 0.25) is 23.8 Å². The number of hydrogen-bond donors (Lipinski definition) is 3. The third-order valence-electron chi connectivity index (χ3n) is 19.9. The second-order valence-electron chi connectivity index (χ2n) is 27.3. The van der Waals surface area contributed by atoms with Gasteiger partial charge < -0.3 is 26.7 Å². The van der Waals surface area contributed by atoms with Crippen molar-refractivity contribution in [3.8, 4) is 18.2 Å². The molecule has 0 spiro atoms. The van der Waals surface area contributed by atoms with E-state index in [4.69, 9.17) is 107 Å². The average Bonchev–Trinajstić information content (AvgIpc) is 1.55. The van der Waals surface area contributed by atoms with Crippen LogP contribution < -0.4 is 31.9 Å². The molecule has 6 aliphatic rings. The van der Waals surface area contributed by atoms with Gasteiger partial charge in [0.05, 0.1) is 84.8 Å². The van der Waals surface area contributed by atoms with Crippen LogP contribution in [0.25, 0.3) is 0 Å². The molecule has 31 nitrogen and oxygen atoms in total. The molecule has 3 saturated heterocycles. The Labute approximate surface area is 705 Å². The number of aromatic nitrogens is 6. The van der Waals surface area contributed by atoms with Crippen LogP contribution in [0.3, 0.4) is 0 Å². The van der Waals surface area contributed by atoms with Gasteiger partial charge >= 0.3 is 11.9 Å². The summed E-state index contributed by atoms with van der Waals surface area (Å²) < 4.78 is 94.8. The lowest BCUT2D eigenvalue weighted by molar-refractivity contribution is -0.148. The number of nitrogens with two attached hydrogens (primary N) is 1. The maximum Gasteiger partial charge on any atom is 0.324 e. The van der Waals surface area contributed by atoms with Gasteiger partial charge in [-0.1, -0.05) is 106 Å². The van der Waals surface area contributed by atoms with Gasteiger partial charge in [-0.25, -0.2) is 54.9 Å². The molecule has 6 atom stereocenters. The smallest absolute Gasteiger partial charge is 0.324 e. The van der Waals surface area contributed by atoms with Crippen molar-refractivity contribution in [1.82, 2.24) is 48.7 Å². The van der Waals surface area contributed by atoms with Crippen molar-refractivity contribution in [3.63, 3.8) is 0 Å². The first kappa shape index (κ1) is 88.6. The molecule has 606 valence electrons. The topological polar surface area (TPSA) is 437 Å². The number of halogens is 8. The number of methoxy groups -OCH3 is 2. The predicted molar refractivity (Wildman–Crippen MR) is 433 cm³/mol. The first-order valence-corrected chi connectivity index (χ1v) is 41.6. The highest BCUT2D eigenvalue weighted by atomic mass is 35.7. The molecule has 42 heteroatoms. The number of rotatable bonds is 17. The summed E-state index contributed by atoms with van der Waals surface area (Å²) in [5, 5.41) is 31.2. The number of nitrogens with one attached hydrogen (secondary N) is 1. The molecule has 0 saturated carbocycles. The molecule has 1 unspecified atom stereocenters. The van der Waals surface area contributed by atoms with Crippen LogP contribution in [0.15, 0.2) is 161 Å². The Morgan fingerprint density at radius 2 is 0.776 bits per heavy atom. The molecule has 15 rings (SSSR count). The number of anilines is 6. The number of primary amides is 1. The zero-order chi connectivity index (χ0) is 82.6. The summed E-state index contributed by atoms with van der Waals surface area (Å²) in [6, 6.07) is 37.9. The van der Waals surface area contributed by atoms with Crippen LogP contribution >= 0.6 is 92.7 Å². The van der Waals surface area contributed by atoms with E-state index in [1.807, 2.05) is 12.1 Å². The summed E-state index contributed by atoms with van der Waals surface area (Å²) in [6.45, 7) is 6.03. The minimum Gasteiger partial charge on any atom is -0.468 e. The molecule has 0 aliphatic carbocycles. The van der Waals surface area contributed by atoms with Crippen LogP contribution in [0.1, 0.15) is 73.4 Å². The molecule has 6 aromatic carbocycles. The lowest BCUT2D eigenvalue weighted by Gasteiger charge is -2.37. The van der Waals surface area contributed by atoms with Crippen LogP contribution in [0.2, 0.25) is 30.1 Å². The fourth-order valence-electron chi connectivity index (χ4n) is 13.9. The molecule has 9 heterocycles. The van der Waals surface area contributed by atoms with Gasteiger partial charge in [0, 0.05) is 73.2 Å². The third kappa shape index (κ3) is 16.7. The average molecular weight is 1800 g/mol. The molecule has 116 heavy (non-hydrogen) atoms. The number of imidazole rings is 3. The van der Waals surface area contributed by atoms with Gasteiger partial charge in [-0.15, -0.1) is 12.4 Å². The van der Waals surface area contributed by atoms with E-state index < -0.39 is 87.4 Å². The van der Waals surface area contributed by atoms with Crippen molar-refractivity contribution in [2.75, 3.05) is 48.6 Å². The highest BCUT2D eigenvalue weighted by Gasteiger charge is 2.57. The Bertz CT molecular complexity index is 5880. The normalized spacial score (nSPS) is 20.4. The second kappa shape index (κ2) is 34.4. The van der Waals surface area contributed by atoms with Crippen LogP contribution in [-0.2, 0) is 103 Å². The molecular weight excluding hydrogens is 1730 g/mol. The van der Waals surface area contributed by atoms with Crippen molar-refractivity contribution in [1.29, 1.82) is 15.8 Å². The van der Waals surface area contributed by atoms with Gasteiger partial charge in [0.15, 0.2) is 15.1 Å². The molecule has 3 fully saturated rings. The number of hydrogen-bond acceptors (Lipinski definition) is 22. The van der Waals surface area contributed by atoms with Crippen LogP contribution in [0, 0.1) is 34.0 Å². The summed E-state index contributed by atoms with van der Waals surface area (Å²) in [4.78, 5) is 92.9. The van der Waals surface area contributed by atoms with Crippen LogP contribution in [0.5, 0.6) is 0 Å². The number of carbonyl (C=O) groups excluding carboxylic acids is 6. The van der Waals surface area contributed by atoms with E-state index in [9.17, 15) is 54.0 Å². The number of fused-ring (bicyclic) bond motifs is 3. The molecule has 6 aliphatic heterocycles. The Hall–Kier alpha value is -9.75. The fraction of sp³-hybridized carbons (Fsp3) is 0.270.